The Kier molecular flexibility index (Phi) is 4.29. The molecular weight excluding hydrogens is 224 g/mol. The predicted octanol–water partition coefficient (Wildman–Crippen LogP) is 3.01. The fraction of sp³-hybridized carbons (Fsp3) is 0.933. The van der Waals surface area contributed by atoms with E-state index in [0.717, 1.165) is 45.3 Å². The highest BCUT2D eigenvalue weighted by atomic mass is 16.5. The van der Waals surface area contributed by atoms with Gasteiger partial charge in [-0.25, -0.2) is 0 Å². The molecule has 2 unspecified atom stereocenters. The zero-order valence-electron chi connectivity index (χ0n) is 11.8. The number of nitriles is 1. The van der Waals surface area contributed by atoms with E-state index in [0.29, 0.717) is 11.5 Å². The van der Waals surface area contributed by atoms with E-state index in [1.165, 1.54) is 12.8 Å². The Hall–Kier alpha value is -0.590. The maximum absolute atomic E-state index is 9.56. The van der Waals surface area contributed by atoms with Crippen LogP contribution in [0.2, 0.25) is 0 Å². The minimum atomic E-state index is -0.306. The molecular formula is C15H26N2O. The predicted molar refractivity (Wildman–Crippen MR) is 72.2 cm³/mol. The highest BCUT2D eigenvalue weighted by molar-refractivity contribution is 5.09. The van der Waals surface area contributed by atoms with Gasteiger partial charge in [0.2, 0.25) is 0 Å². The summed E-state index contributed by atoms with van der Waals surface area (Å²) in [6.45, 7) is 6.37. The van der Waals surface area contributed by atoms with Crippen molar-refractivity contribution in [1.82, 2.24) is 5.32 Å². The molecule has 0 radical (unpaired) electrons. The van der Waals surface area contributed by atoms with E-state index >= 15 is 0 Å². The molecule has 0 spiro atoms. The molecule has 18 heavy (non-hydrogen) atoms. The zero-order chi connectivity index (χ0) is 13.1. The lowest BCUT2D eigenvalue weighted by atomic mass is 9.84. The van der Waals surface area contributed by atoms with Crippen LogP contribution < -0.4 is 5.32 Å². The molecule has 102 valence electrons. The monoisotopic (exact) mass is 250 g/mol. The van der Waals surface area contributed by atoms with Gasteiger partial charge in [-0.15, -0.1) is 0 Å². The Bertz CT molecular complexity index is 315. The summed E-state index contributed by atoms with van der Waals surface area (Å²) in [5.41, 5.74) is 0.0872. The van der Waals surface area contributed by atoms with Gasteiger partial charge < -0.3 is 4.74 Å². The van der Waals surface area contributed by atoms with E-state index in [-0.39, 0.29) is 5.54 Å². The Labute approximate surface area is 111 Å². The molecule has 1 saturated carbocycles. The summed E-state index contributed by atoms with van der Waals surface area (Å²) in [6, 6.07) is 2.55. The first-order chi connectivity index (χ1) is 8.55. The minimum Gasteiger partial charge on any atom is -0.377 e. The first-order valence-electron chi connectivity index (χ1n) is 7.33. The van der Waals surface area contributed by atoms with Crippen LogP contribution in [0.5, 0.6) is 0 Å². The van der Waals surface area contributed by atoms with Crippen LogP contribution in [0.3, 0.4) is 0 Å². The van der Waals surface area contributed by atoms with E-state index in [1.54, 1.807) is 0 Å². The van der Waals surface area contributed by atoms with Gasteiger partial charge in [0.05, 0.1) is 12.2 Å². The van der Waals surface area contributed by atoms with Crippen LogP contribution in [0.1, 0.15) is 58.8 Å². The molecule has 0 aromatic carbocycles. The van der Waals surface area contributed by atoms with Crippen molar-refractivity contribution in [3.8, 4) is 6.07 Å². The van der Waals surface area contributed by atoms with Gasteiger partial charge >= 0.3 is 0 Å². The van der Waals surface area contributed by atoms with E-state index in [4.69, 9.17) is 4.74 Å². The summed E-state index contributed by atoms with van der Waals surface area (Å²) in [5.74, 6) is 0. The normalized spacial score (nSPS) is 35.9. The molecule has 1 N–H and O–H groups in total. The summed E-state index contributed by atoms with van der Waals surface area (Å²) in [4.78, 5) is 0. The standard InChI is InChI=1S/C15H26N2O/c1-14(2)6-4-7-15(12-16,9-8-14)17-11-13-5-3-10-18-13/h13,17H,3-11H2,1-2H3. The van der Waals surface area contributed by atoms with Crippen LogP contribution in [0.15, 0.2) is 0 Å². The van der Waals surface area contributed by atoms with Gasteiger partial charge in [-0.2, -0.15) is 5.26 Å². The average Bonchev–Trinajstić information content (AvgIpc) is 2.80. The molecule has 0 aromatic rings. The van der Waals surface area contributed by atoms with Crippen molar-refractivity contribution in [1.29, 1.82) is 5.26 Å². The van der Waals surface area contributed by atoms with Crippen molar-refractivity contribution in [3.05, 3.63) is 0 Å². The Morgan fingerprint density at radius 3 is 2.72 bits per heavy atom. The van der Waals surface area contributed by atoms with E-state index in [2.05, 4.69) is 25.2 Å². The third-order valence-electron chi connectivity index (χ3n) is 4.59. The molecule has 2 aliphatic rings. The van der Waals surface area contributed by atoms with Crippen molar-refractivity contribution in [3.63, 3.8) is 0 Å². The van der Waals surface area contributed by atoms with E-state index in [1.807, 2.05) is 0 Å². The maximum Gasteiger partial charge on any atom is 0.106 e. The largest absolute Gasteiger partial charge is 0.377 e. The second-order valence-electron chi connectivity index (χ2n) is 6.73. The molecule has 0 bridgehead atoms. The Morgan fingerprint density at radius 2 is 2.06 bits per heavy atom. The van der Waals surface area contributed by atoms with Crippen molar-refractivity contribution < 1.29 is 4.74 Å². The molecule has 1 heterocycles. The number of nitrogens with zero attached hydrogens (tertiary/aromatic N) is 1. The highest BCUT2D eigenvalue weighted by Crippen LogP contribution is 2.37. The fourth-order valence-corrected chi connectivity index (χ4v) is 3.11. The number of nitrogens with one attached hydrogen (secondary N) is 1. The van der Waals surface area contributed by atoms with Crippen LogP contribution in [0.25, 0.3) is 0 Å². The van der Waals surface area contributed by atoms with Crippen LogP contribution in [-0.4, -0.2) is 24.8 Å². The average molecular weight is 250 g/mol. The van der Waals surface area contributed by atoms with Crippen molar-refractivity contribution in [2.24, 2.45) is 5.41 Å². The lowest BCUT2D eigenvalue weighted by Crippen LogP contribution is -2.46. The lowest BCUT2D eigenvalue weighted by molar-refractivity contribution is 0.103. The van der Waals surface area contributed by atoms with Gasteiger partial charge in [0.1, 0.15) is 5.54 Å². The summed E-state index contributed by atoms with van der Waals surface area (Å²) in [6.07, 6.45) is 8.12. The molecule has 3 nitrogen and oxygen atoms in total. The van der Waals surface area contributed by atoms with Crippen molar-refractivity contribution in [2.75, 3.05) is 13.2 Å². The zero-order valence-corrected chi connectivity index (χ0v) is 11.8. The molecule has 2 atom stereocenters. The van der Waals surface area contributed by atoms with Gasteiger partial charge in [-0.05, 0) is 43.9 Å². The molecule has 3 heteroatoms. The fourth-order valence-electron chi connectivity index (χ4n) is 3.11. The Morgan fingerprint density at radius 1 is 1.22 bits per heavy atom. The maximum atomic E-state index is 9.56. The summed E-state index contributed by atoms with van der Waals surface area (Å²) < 4.78 is 5.63. The second-order valence-corrected chi connectivity index (χ2v) is 6.73. The van der Waals surface area contributed by atoms with E-state index in [9.17, 15) is 5.26 Å². The van der Waals surface area contributed by atoms with Gasteiger partial charge in [0, 0.05) is 13.2 Å². The molecule has 2 rings (SSSR count). The highest BCUT2D eigenvalue weighted by Gasteiger charge is 2.36. The van der Waals surface area contributed by atoms with Crippen LogP contribution in [0, 0.1) is 16.7 Å². The van der Waals surface area contributed by atoms with Crippen molar-refractivity contribution in [2.45, 2.75) is 70.4 Å². The molecule has 1 aliphatic heterocycles. The first kappa shape index (κ1) is 13.8. The number of rotatable bonds is 3. The van der Waals surface area contributed by atoms with Gasteiger partial charge in [0.25, 0.3) is 0 Å². The summed E-state index contributed by atoms with van der Waals surface area (Å²) >= 11 is 0. The summed E-state index contributed by atoms with van der Waals surface area (Å²) in [5, 5.41) is 13.1. The lowest BCUT2D eigenvalue weighted by Gasteiger charge is -2.29. The summed E-state index contributed by atoms with van der Waals surface area (Å²) in [7, 11) is 0. The topological polar surface area (TPSA) is 45.0 Å². The van der Waals surface area contributed by atoms with Crippen molar-refractivity contribution >= 4 is 0 Å². The van der Waals surface area contributed by atoms with Gasteiger partial charge in [-0.3, -0.25) is 5.32 Å². The number of ether oxygens (including phenoxy) is 1. The minimum absolute atomic E-state index is 0.306. The van der Waals surface area contributed by atoms with Crippen LogP contribution >= 0.6 is 0 Å². The number of hydrogen-bond donors (Lipinski definition) is 1. The van der Waals surface area contributed by atoms with Crippen LogP contribution in [0.4, 0.5) is 0 Å². The molecule has 0 aromatic heterocycles. The molecule has 1 aliphatic carbocycles. The third kappa shape index (κ3) is 3.46. The SMILES string of the molecule is CC1(C)CCCC(C#N)(NCC2CCCO2)CC1. The number of hydrogen-bond acceptors (Lipinski definition) is 3. The first-order valence-corrected chi connectivity index (χ1v) is 7.33. The smallest absolute Gasteiger partial charge is 0.106 e. The van der Waals surface area contributed by atoms with Gasteiger partial charge in [0.15, 0.2) is 0 Å². The Balaban J connectivity index is 1.91. The third-order valence-corrected chi connectivity index (χ3v) is 4.59. The molecule has 1 saturated heterocycles. The van der Waals surface area contributed by atoms with Gasteiger partial charge in [-0.1, -0.05) is 20.3 Å². The van der Waals surface area contributed by atoms with E-state index < -0.39 is 0 Å². The quantitative estimate of drug-likeness (QED) is 0.783. The molecule has 0 amide bonds. The second kappa shape index (κ2) is 5.59. The molecule has 2 fully saturated rings. The van der Waals surface area contributed by atoms with Crippen LogP contribution in [-0.2, 0) is 4.74 Å².